The smallest absolute Gasteiger partial charge is 0.472 e. The SMILES string of the molecule is CC/C=C\C/C=C\C/C=C\C/C=C\C/C=C\CCCCCC(=O)OC[C@H](COP(=O)(O)OC[C@H](N)C(=O)O)OC(=O)CC/C=C\C/C=C\C[C@@H](O)/C=C/C=C\C=C\[C@@H](O)C/C=C\CC. The first-order valence-corrected chi connectivity index (χ1v) is 23.9. The number of carbonyl (C=O) groups is 3. The Morgan fingerprint density at radius 2 is 1.03 bits per heavy atom. The average molecular weight is 914 g/mol. The molecule has 0 aliphatic carbocycles. The number of unbranched alkanes of at least 4 members (excludes halogenated alkanes) is 3. The number of nitrogens with two attached hydrogens (primary N) is 1. The largest absolute Gasteiger partial charge is 0.480 e. The zero-order chi connectivity index (χ0) is 47.4. The molecule has 14 heteroatoms. The van der Waals surface area contributed by atoms with Gasteiger partial charge in [-0.15, -0.1) is 0 Å². The Balaban J connectivity index is 4.67. The van der Waals surface area contributed by atoms with Gasteiger partial charge in [-0.25, -0.2) is 4.57 Å². The lowest BCUT2D eigenvalue weighted by molar-refractivity contribution is -0.161. The molecule has 0 aliphatic rings. The number of phosphoric ester groups is 1. The third-order valence-corrected chi connectivity index (χ3v) is 9.52. The molecule has 0 amide bonds. The molecule has 0 heterocycles. The number of hydrogen-bond donors (Lipinski definition) is 5. The number of ether oxygens (including phenoxy) is 2. The van der Waals surface area contributed by atoms with Crippen molar-refractivity contribution in [2.75, 3.05) is 19.8 Å². The molecular weight excluding hydrogens is 838 g/mol. The molecule has 13 nitrogen and oxygen atoms in total. The number of aliphatic hydroxyl groups is 2. The second-order valence-corrected chi connectivity index (χ2v) is 15.9. The van der Waals surface area contributed by atoms with E-state index in [4.69, 9.17) is 24.8 Å². The van der Waals surface area contributed by atoms with Crippen LogP contribution < -0.4 is 5.73 Å². The molecule has 0 aromatic rings. The Labute approximate surface area is 382 Å². The molecule has 5 atom stereocenters. The van der Waals surface area contributed by atoms with Crippen LogP contribution in [-0.2, 0) is 37.5 Å². The predicted molar refractivity (Wildman–Crippen MR) is 256 cm³/mol. The van der Waals surface area contributed by atoms with Gasteiger partial charge < -0.3 is 35.4 Å². The number of allylic oxidation sites excluding steroid dienone is 18. The lowest BCUT2D eigenvalue weighted by Crippen LogP contribution is -2.34. The summed E-state index contributed by atoms with van der Waals surface area (Å²) in [6.07, 6.45) is 51.6. The molecule has 0 bridgehead atoms. The van der Waals surface area contributed by atoms with E-state index in [0.717, 1.165) is 57.8 Å². The van der Waals surface area contributed by atoms with Crippen LogP contribution in [0.2, 0.25) is 0 Å². The van der Waals surface area contributed by atoms with Gasteiger partial charge in [-0.1, -0.05) is 154 Å². The number of esters is 2. The van der Waals surface area contributed by atoms with Crippen molar-refractivity contribution < 1.29 is 57.7 Å². The van der Waals surface area contributed by atoms with Crippen LogP contribution in [0.5, 0.6) is 0 Å². The molecule has 0 fully saturated rings. The van der Waals surface area contributed by atoms with E-state index in [1.54, 1.807) is 42.5 Å². The zero-order valence-corrected chi connectivity index (χ0v) is 38.9. The Morgan fingerprint density at radius 3 is 1.58 bits per heavy atom. The van der Waals surface area contributed by atoms with E-state index in [0.29, 0.717) is 32.1 Å². The fraction of sp³-hybridized carbons (Fsp3) is 0.500. The predicted octanol–water partition coefficient (Wildman–Crippen LogP) is 10.1. The Kier molecular flexibility index (Phi) is 39.5. The van der Waals surface area contributed by atoms with Gasteiger partial charge >= 0.3 is 25.7 Å². The number of hydrogen-bond acceptors (Lipinski definition) is 11. The topological polar surface area (TPSA) is 212 Å². The number of carbonyl (C=O) groups excluding carboxylic acids is 2. The van der Waals surface area contributed by atoms with Gasteiger partial charge in [0.2, 0.25) is 0 Å². The van der Waals surface area contributed by atoms with E-state index >= 15 is 0 Å². The van der Waals surface area contributed by atoms with Crippen LogP contribution in [0.3, 0.4) is 0 Å². The molecule has 0 radical (unpaired) electrons. The summed E-state index contributed by atoms with van der Waals surface area (Å²) < 4.78 is 32.5. The van der Waals surface area contributed by atoms with Gasteiger partial charge in [0, 0.05) is 12.8 Å². The quantitative estimate of drug-likeness (QED) is 0.0128. The minimum Gasteiger partial charge on any atom is -0.480 e. The van der Waals surface area contributed by atoms with Gasteiger partial charge in [0.25, 0.3) is 0 Å². The van der Waals surface area contributed by atoms with Crippen molar-refractivity contribution in [2.45, 2.75) is 141 Å². The molecule has 0 aliphatic heterocycles. The van der Waals surface area contributed by atoms with Gasteiger partial charge in [0.05, 0.1) is 25.4 Å². The van der Waals surface area contributed by atoms with Crippen molar-refractivity contribution in [1.29, 1.82) is 0 Å². The van der Waals surface area contributed by atoms with Gasteiger partial charge in [-0.3, -0.25) is 23.4 Å². The fourth-order valence-electron chi connectivity index (χ4n) is 5.05. The number of carboxylic acid groups (broad SMARTS) is 1. The molecule has 64 heavy (non-hydrogen) atoms. The molecule has 6 N–H and O–H groups in total. The molecule has 0 aromatic carbocycles. The van der Waals surface area contributed by atoms with Crippen molar-refractivity contribution in [3.05, 3.63) is 134 Å². The Hall–Kier alpha value is -4.46. The normalized spacial score (nSPS) is 15.8. The molecule has 0 aromatic heterocycles. The molecule has 0 rings (SSSR count). The van der Waals surface area contributed by atoms with Crippen molar-refractivity contribution >= 4 is 25.7 Å². The van der Waals surface area contributed by atoms with Crippen LogP contribution in [0.4, 0.5) is 0 Å². The maximum absolute atomic E-state index is 12.6. The minimum atomic E-state index is -4.79. The third-order valence-electron chi connectivity index (χ3n) is 8.57. The molecule has 0 saturated carbocycles. The summed E-state index contributed by atoms with van der Waals surface area (Å²) in [6.45, 7) is 2.26. The highest BCUT2D eigenvalue weighted by atomic mass is 31.2. The average Bonchev–Trinajstić information content (AvgIpc) is 3.26. The first kappa shape index (κ1) is 59.5. The standard InChI is InChI=1S/C50H76NO12P/c1-3-5-7-8-9-10-11-12-13-14-15-16-17-18-19-20-21-25-33-39-48(54)60-41-46(42-61-64(58,59)62-43-47(51)50(56)57)63-49(55)40-34-26-23-22-24-30-36-45(53)38-32-28-27-31-37-44(52)35-29-6-4-2/h5-7,9-10,12-13,15-16,18-19,23-24,26-32,37-38,44-47,52-53H,3-4,8,11,14,17,20-22,25,33-36,39-43,51H2,1-2H3,(H,56,57)(H,58,59)/b7-5-,10-9-,13-12-,16-15-,19-18-,26-23-,28-27-,29-6-,30-24-,37-31+,38-32+/t44-,45+,46+,47-/m0/s1. The van der Waals surface area contributed by atoms with Crippen LogP contribution in [0.25, 0.3) is 0 Å². The lowest BCUT2D eigenvalue weighted by atomic mass is 10.1. The minimum absolute atomic E-state index is 0.0373. The van der Waals surface area contributed by atoms with Crippen molar-refractivity contribution in [3.8, 4) is 0 Å². The van der Waals surface area contributed by atoms with Crippen LogP contribution in [0, 0.1) is 0 Å². The highest BCUT2D eigenvalue weighted by molar-refractivity contribution is 7.47. The summed E-state index contributed by atoms with van der Waals surface area (Å²) in [6, 6.07) is -1.57. The number of aliphatic hydroxyl groups excluding tert-OH is 2. The first-order valence-electron chi connectivity index (χ1n) is 22.4. The number of phosphoric acid groups is 1. The summed E-state index contributed by atoms with van der Waals surface area (Å²) in [5.74, 6) is -2.64. The van der Waals surface area contributed by atoms with Crippen LogP contribution in [0.1, 0.15) is 117 Å². The van der Waals surface area contributed by atoms with Crippen LogP contribution >= 0.6 is 7.82 Å². The van der Waals surface area contributed by atoms with E-state index in [1.807, 2.05) is 37.3 Å². The van der Waals surface area contributed by atoms with Gasteiger partial charge in [0.15, 0.2) is 6.10 Å². The first-order chi connectivity index (χ1) is 30.9. The van der Waals surface area contributed by atoms with Crippen molar-refractivity contribution in [2.24, 2.45) is 5.73 Å². The molecule has 0 saturated heterocycles. The zero-order valence-electron chi connectivity index (χ0n) is 38.0. The van der Waals surface area contributed by atoms with Crippen molar-refractivity contribution in [1.82, 2.24) is 0 Å². The van der Waals surface area contributed by atoms with Crippen molar-refractivity contribution in [3.63, 3.8) is 0 Å². The third kappa shape index (κ3) is 41.5. The second-order valence-electron chi connectivity index (χ2n) is 14.5. The summed E-state index contributed by atoms with van der Waals surface area (Å²) >= 11 is 0. The summed E-state index contributed by atoms with van der Waals surface area (Å²) in [4.78, 5) is 46.0. The second kappa shape index (κ2) is 42.5. The summed E-state index contributed by atoms with van der Waals surface area (Å²) in [7, 11) is -4.79. The number of aliphatic carboxylic acids is 1. The number of carboxylic acids is 1. The van der Waals surface area contributed by atoms with Crippen LogP contribution in [-0.4, -0.2) is 82.3 Å². The molecule has 358 valence electrons. The maximum Gasteiger partial charge on any atom is 0.472 e. The fourth-order valence-corrected chi connectivity index (χ4v) is 5.83. The van der Waals surface area contributed by atoms with E-state index in [2.05, 4.69) is 72.2 Å². The van der Waals surface area contributed by atoms with E-state index < -0.39 is 69.9 Å². The molecule has 1 unspecified atom stereocenters. The van der Waals surface area contributed by atoms with Crippen LogP contribution in [0.15, 0.2) is 134 Å². The van der Waals surface area contributed by atoms with E-state index in [-0.39, 0.29) is 12.8 Å². The van der Waals surface area contributed by atoms with Gasteiger partial charge in [-0.2, -0.15) is 0 Å². The number of rotatable bonds is 39. The Morgan fingerprint density at radius 1 is 0.562 bits per heavy atom. The van der Waals surface area contributed by atoms with E-state index in [1.165, 1.54) is 0 Å². The highest BCUT2D eigenvalue weighted by Crippen LogP contribution is 2.43. The lowest BCUT2D eigenvalue weighted by Gasteiger charge is -2.20. The highest BCUT2D eigenvalue weighted by Gasteiger charge is 2.28. The monoisotopic (exact) mass is 914 g/mol. The van der Waals surface area contributed by atoms with E-state index in [9.17, 15) is 34.1 Å². The van der Waals surface area contributed by atoms with Gasteiger partial charge in [-0.05, 0) is 83.5 Å². The molecular formula is C50H76NO12P. The van der Waals surface area contributed by atoms with Gasteiger partial charge in [0.1, 0.15) is 12.6 Å². The summed E-state index contributed by atoms with van der Waals surface area (Å²) in [5, 5.41) is 28.9. The maximum atomic E-state index is 12.6. The summed E-state index contributed by atoms with van der Waals surface area (Å²) in [5.41, 5.74) is 5.32. The Bertz CT molecular complexity index is 1620. The molecule has 0 spiro atoms.